The fraction of sp³-hybridized carbons (Fsp3) is 0.444. The molecule has 2 aliphatic carbocycles. The predicted molar refractivity (Wildman–Crippen MR) is 173 cm³/mol. The summed E-state index contributed by atoms with van der Waals surface area (Å²) < 4.78 is 43.3. The molecular formula is C36H39F2N5O4. The van der Waals surface area contributed by atoms with E-state index >= 15 is 4.39 Å². The summed E-state index contributed by atoms with van der Waals surface area (Å²) in [6, 6.07) is 7.94. The van der Waals surface area contributed by atoms with Crippen molar-refractivity contribution in [2.45, 2.75) is 82.7 Å². The number of aromatic nitrogens is 3. The first-order valence-corrected chi connectivity index (χ1v) is 16.0. The van der Waals surface area contributed by atoms with Gasteiger partial charge in [0.05, 0.1) is 13.2 Å². The predicted octanol–water partition coefficient (Wildman–Crippen LogP) is 6.05. The van der Waals surface area contributed by atoms with Crippen molar-refractivity contribution in [3.8, 4) is 22.8 Å². The van der Waals surface area contributed by atoms with Gasteiger partial charge < -0.3 is 20.1 Å². The van der Waals surface area contributed by atoms with Crippen molar-refractivity contribution in [3.63, 3.8) is 0 Å². The molecule has 2 fully saturated rings. The number of fused-ring (bicyclic) bond motifs is 2. The molecule has 0 saturated heterocycles. The minimum atomic E-state index is -1.07. The van der Waals surface area contributed by atoms with Crippen molar-refractivity contribution < 1.29 is 27.8 Å². The highest BCUT2D eigenvalue weighted by Crippen LogP contribution is 2.47. The second kappa shape index (κ2) is 10.7. The molecule has 0 spiro atoms. The van der Waals surface area contributed by atoms with Crippen LogP contribution in [0.3, 0.4) is 0 Å². The number of hydrogen-bond donors (Lipinski definition) is 2. The molecule has 11 heteroatoms. The van der Waals surface area contributed by atoms with Crippen LogP contribution in [0.25, 0.3) is 22.2 Å². The second-order valence-corrected chi connectivity index (χ2v) is 14.5. The molecule has 47 heavy (non-hydrogen) atoms. The van der Waals surface area contributed by atoms with Crippen LogP contribution < -0.4 is 20.1 Å². The average molecular weight is 644 g/mol. The summed E-state index contributed by atoms with van der Waals surface area (Å²) >= 11 is 0. The Morgan fingerprint density at radius 2 is 1.85 bits per heavy atom. The molecule has 0 bridgehead atoms. The smallest absolute Gasteiger partial charge is 0.251 e. The molecule has 4 aromatic rings. The van der Waals surface area contributed by atoms with Crippen molar-refractivity contribution in [1.82, 2.24) is 25.4 Å². The van der Waals surface area contributed by atoms with E-state index in [0.717, 1.165) is 37.1 Å². The van der Waals surface area contributed by atoms with Gasteiger partial charge in [-0.2, -0.15) is 5.10 Å². The number of rotatable bonds is 9. The summed E-state index contributed by atoms with van der Waals surface area (Å²) in [6.45, 7) is 9.42. The van der Waals surface area contributed by atoms with Gasteiger partial charge in [-0.15, -0.1) is 0 Å². The van der Waals surface area contributed by atoms with Crippen LogP contribution in [0.4, 0.5) is 8.78 Å². The number of pyridine rings is 1. The molecule has 1 aliphatic heterocycles. The molecule has 3 heterocycles. The minimum absolute atomic E-state index is 0.0446. The number of carbonyl (C=O) groups is 2. The molecule has 2 aromatic carbocycles. The molecule has 246 valence electrons. The highest BCUT2D eigenvalue weighted by atomic mass is 19.1. The van der Waals surface area contributed by atoms with Crippen LogP contribution in [0.1, 0.15) is 86.6 Å². The number of methoxy groups -OCH3 is 1. The van der Waals surface area contributed by atoms with E-state index in [0.29, 0.717) is 39.9 Å². The van der Waals surface area contributed by atoms with Crippen LogP contribution in [0, 0.1) is 18.6 Å². The summed E-state index contributed by atoms with van der Waals surface area (Å²) in [5.41, 5.74) is 0.641. The largest absolute Gasteiger partial charge is 0.494 e. The van der Waals surface area contributed by atoms with Crippen LogP contribution in [0.2, 0.25) is 0 Å². The van der Waals surface area contributed by atoms with E-state index in [9.17, 15) is 14.0 Å². The maximum Gasteiger partial charge on any atom is 0.251 e. The fourth-order valence-corrected chi connectivity index (χ4v) is 6.09. The highest BCUT2D eigenvalue weighted by molar-refractivity contribution is 6.00. The van der Waals surface area contributed by atoms with Crippen molar-refractivity contribution >= 4 is 22.7 Å². The standard InChI is InChI=1S/C36H39F2N5O4/c1-19-11-23(26(38)15-25(19)37)30-31-24(36(5,18-47-31)33(45)41-35(4)9-10-35)14-28(40-30)34(2,3)17-39-32(44)20-12-21-16-43(22-7-8-22)42-29(21)27(13-20)46-6/h11-16,22H,7-10,17-18H2,1-6H3,(H,39,44)(H,41,45)/t36-/m0/s1. The third kappa shape index (κ3) is 5.49. The maximum absolute atomic E-state index is 15.4. The van der Waals surface area contributed by atoms with Gasteiger partial charge in [0.1, 0.15) is 46.4 Å². The van der Waals surface area contributed by atoms with Gasteiger partial charge >= 0.3 is 0 Å². The van der Waals surface area contributed by atoms with Crippen molar-refractivity contribution in [1.29, 1.82) is 0 Å². The molecule has 7 rings (SSSR count). The van der Waals surface area contributed by atoms with Crippen LogP contribution in [0.5, 0.6) is 11.5 Å². The highest BCUT2D eigenvalue weighted by Gasteiger charge is 2.49. The Kier molecular flexibility index (Phi) is 7.11. The third-order valence-electron chi connectivity index (χ3n) is 9.87. The number of amides is 2. The number of hydrogen-bond acceptors (Lipinski definition) is 6. The SMILES string of the molecule is COc1cc(C(=O)NCC(C)(C)c2cc3c(c(-c4cc(C)c(F)cc4F)n2)OC[C@]3(C)C(=O)NC2(C)CC2)cc2cn(C3CC3)nc12. The summed E-state index contributed by atoms with van der Waals surface area (Å²) in [6.07, 6.45) is 5.90. The normalized spacial score (nSPS) is 19.7. The van der Waals surface area contributed by atoms with E-state index in [1.54, 1.807) is 26.2 Å². The Bertz CT molecular complexity index is 1960. The van der Waals surface area contributed by atoms with Gasteiger partial charge in [0.25, 0.3) is 5.91 Å². The van der Waals surface area contributed by atoms with E-state index in [2.05, 4.69) is 15.7 Å². The molecule has 1 atom stereocenters. The first-order valence-electron chi connectivity index (χ1n) is 16.0. The molecular weight excluding hydrogens is 604 g/mol. The first kappa shape index (κ1) is 31.1. The van der Waals surface area contributed by atoms with Gasteiger partial charge in [0, 0.05) is 57.5 Å². The van der Waals surface area contributed by atoms with Crippen LogP contribution in [-0.2, 0) is 15.6 Å². The quantitative estimate of drug-likeness (QED) is 0.230. The van der Waals surface area contributed by atoms with Crippen LogP contribution in [-0.4, -0.2) is 52.4 Å². The molecule has 0 unspecified atom stereocenters. The number of aryl methyl sites for hydroxylation is 1. The number of halogens is 2. The lowest BCUT2D eigenvalue weighted by molar-refractivity contribution is -0.127. The van der Waals surface area contributed by atoms with E-state index in [1.807, 2.05) is 44.6 Å². The second-order valence-electron chi connectivity index (χ2n) is 14.5. The van der Waals surface area contributed by atoms with Crippen molar-refractivity contribution in [2.24, 2.45) is 0 Å². The van der Waals surface area contributed by atoms with Gasteiger partial charge in [0.2, 0.25) is 5.91 Å². The molecule has 2 saturated carbocycles. The van der Waals surface area contributed by atoms with Gasteiger partial charge in [-0.1, -0.05) is 13.8 Å². The number of nitrogens with one attached hydrogen (secondary N) is 2. The average Bonchev–Trinajstić information content (AvgIpc) is 3.94. The van der Waals surface area contributed by atoms with Gasteiger partial charge in [-0.25, -0.2) is 13.8 Å². The monoisotopic (exact) mass is 643 g/mol. The van der Waals surface area contributed by atoms with E-state index in [-0.39, 0.29) is 47.3 Å². The third-order valence-corrected chi connectivity index (χ3v) is 9.87. The zero-order valence-electron chi connectivity index (χ0n) is 27.5. The Morgan fingerprint density at radius 1 is 1.11 bits per heavy atom. The Labute approximate surface area is 272 Å². The minimum Gasteiger partial charge on any atom is -0.494 e. The van der Waals surface area contributed by atoms with Crippen molar-refractivity contribution in [3.05, 3.63) is 70.5 Å². The zero-order chi connectivity index (χ0) is 33.5. The molecule has 2 amide bonds. The fourth-order valence-electron chi connectivity index (χ4n) is 6.09. The molecule has 0 radical (unpaired) electrons. The molecule has 2 aromatic heterocycles. The topological polar surface area (TPSA) is 107 Å². The van der Waals surface area contributed by atoms with Crippen LogP contribution in [0.15, 0.2) is 36.5 Å². The number of nitrogens with zero attached hydrogens (tertiary/aromatic N) is 3. The summed E-state index contributed by atoms with van der Waals surface area (Å²) in [7, 11) is 1.56. The van der Waals surface area contributed by atoms with E-state index in [1.165, 1.54) is 6.07 Å². The number of ether oxygens (including phenoxy) is 2. The maximum atomic E-state index is 15.4. The molecule has 2 N–H and O–H groups in total. The van der Waals surface area contributed by atoms with E-state index < -0.39 is 22.5 Å². The number of benzene rings is 2. The first-order chi connectivity index (χ1) is 22.2. The lowest BCUT2D eigenvalue weighted by atomic mass is 9.79. The van der Waals surface area contributed by atoms with Gasteiger partial charge in [-0.3, -0.25) is 14.3 Å². The van der Waals surface area contributed by atoms with Gasteiger partial charge in [-0.05, 0) is 76.3 Å². The Hall–Kier alpha value is -4.54. The summed E-state index contributed by atoms with van der Waals surface area (Å²) in [5.74, 6) is -1.12. The van der Waals surface area contributed by atoms with E-state index in [4.69, 9.17) is 14.5 Å². The van der Waals surface area contributed by atoms with Crippen molar-refractivity contribution in [2.75, 3.05) is 20.3 Å². The molecule has 9 nitrogen and oxygen atoms in total. The lowest BCUT2D eigenvalue weighted by Gasteiger charge is -2.28. The summed E-state index contributed by atoms with van der Waals surface area (Å²) in [4.78, 5) is 32.1. The lowest BCUT2D eigenvalue weighted by Crippen LogP contribution is -2.48. The Balaban J connectivity index is 1.23. The zero-order valence-corrected chi connectivity index (χ0v) is 27.5. The molecule has 3 aliphatic rings. The Morgan fingerprint density at radius 3 is 2.53 bits per heavy atom. The van der Waals surface area contributed by atoms with Crippen LogP contribution >= 0.6 is 0 Å². The summed E-state index contributed by atoms with van der Waals surface area (Å²) in [5, 5.41) is 11.7. The number of carbonyl (C=O) groups excluding carboxylic acids is 2. The van der Waals surface area contributed by atoms with Gasteiger partial charge in [0.15, 0.2) is 0 Å².